The molecular formula is C15H13BrN2O3. The summed E-state index contributed by atoms with van der Waals surface area (Å²) >= 11 is 3.36. The lowest BCUT2D eigenvalue weighted by Gasteiger charge is -2.08. The van der Waals surface area contributed by atoms with E-state index in [1.807, 2.05) is 24.3 Å². The second kappa shape index (κ2) is 6.49. The molecule has 0 aromatic heterocycles. The highest BCUT2D eigenvalue weighted by atomic mass is 79.9. The van der Waals surface area contributed by atoms with Gasteiger partial charge in [-0.25, -0.2) is 0 Å². The van der Waals surface area contributed by atoms with Gasteiger partial charge in [0.25, 0.3) is 11.6 Å². The lowest BCUT2D eigenvalue weighted by molar-refractivity contribution is -0.385. The molecule has 0 saturated heterocycles. The largest absolute Gasteiger partial charge is 0.348 e. The van der Waals surface area contributed by atoms with Crippen molar-refractivity contribution in [2.24, 2.45) is 0 Å². The fourth-order valence-electron chi connectivity index (χ4n) is 1.99. The van der Waals surface area contributed by atoms with E-state index < -0.39 is 4.92 Å². The normalized spacial score (nSPS) is 10.2. The van der Waals surface area contributed by atoms with Crippen LogP contribution in [0.25, 0.3) is 0 Å². The van der Waals surface area contributed by atoms with Gasteiger partial charge in [-0.2, -0.15) is 0 Å². The monoisotopic (exact) mass is 348 g/mol. The SMILES string of the molecule is Cc1c(C(=O)NCc2cccc(Br)c2)cccc1[N+](=O)[O-]. The van der Waals surface area contributed by atoms with Crippen LogP contribution in [0.3, 0.4) is 0 Å². The van der Waals surface area contributed by atoms with Crippen LogP contribution < -0.4 is 5.32 Å². The molecule has 1 amide bonds. The van der Waals surface area contributed by atoms with E-state index in [0.29, 0.717) is 17.7 Å². The van der Waals surface area contributed by atoms with E-state index in [2.05, 4.69) is 21.2 Å². The molecule has 5 nitrogen and oxygen atoms in total. The first-order chi connectivity index (χ1) is 9.99. The number of carbonyl (C=O) groups is 1. The molecule has 0 spiro atoms. The van der Waals surface area contributed by atoms with E-state index in [4.69, 9.17) is 0 Å². The minimum Gasteiger partial charge on any atom is -0.348 e. The van der Waals surface area contributed by atoms with Crippen LogP contribution in [0.1, 0.15) is 21.5 Å². The van der Waals surface area contributed by atoms with Crippen molar-refractivity contribution in [3.8, 4) is 0 Å². The van der Waals surface area contributed by atoms with Gasteiger partial charge in [-0.1, -0.05) is 34.1 Å². The molecule has 2 aromatic carbocycles. The smallest absolute Gasteiger partial charge is 0.273 e. The molecule has 0 aliphatic rings. The topological polar surface area (TPSA) is 72.2 Å². The second-order valence-corrected chi connectivity index (χ2v) is 5.44. The number of halogens is 1. The summed E-state index contributed by atoms with van der Waals surface area (Å²) in [5.41, 5.74) is 1.58. The van der Waals surface area contributed by atoms with Crippen LogP contribution in [0.2, 0.25) is 0 Å². The summed E-state index contributed by atoms with van der Waals surface area (Å²) in [6.07, 6.45) is 0. The molecule has 1 N–H and O–H groups in total. The van der Waals surface area contributed by atoms with Crippen LogP contribution in [-0.4, -0.2) is 10.8 Å². The average molecular weight is 349 g/mol. The molecule has 2 aromatic rings. The molecule has 0 aliphatic carbocycles. The molecule has 0 radical (unpaired) electrons. The van der Waals surface area contributed by atoms with Gasteiger partial charge in [-0.3, -0.25) is 14.9 Å². The highest BCUT2D eigenvalue weighted by molar-refractivity contribution is 9.10. The molecule has 0 unspecified atom stereocenters. The summed E-state index contributed by atoms with van der Waals surface area (Å²) in [5.74, 6) is -0.323. The molecular weight excluding hydrogens is 336 g/mol. The number of amides is 1. The highest BCUT2D eigenvalue weighted by Gasteiger charge is 2.17. The number of hydrogen-bond acceptors (Lipinski definition) is 3. The number of rotatable bonds is 4. The van der Waals surface area contributed by atoms with Crippen LogP contribution in [-0.2, 0) is 6.54 Å². The van der Waals surface area contributed by atoms with Gasteiger partial charge < -0.3 is 5.32 Å². The zero-order valence-corrected chi connectivity index (χ0v) is 12.9. The third-order valence-corrected chi connectivity index (χ3v) is 3.58. The fourth-order valence-corrected chi connectivity index (χ4v) is 2.44. The Labute approximate surface area is 130 Å². The minimum atomic E-state index is -0.486. The predicted octanol–water partition coefficient (Wildman–Crippen LogP) is 3.60. The van der Waals surface area contributed by atoms with E-state index in [1.54, 1.807) is 13.0 Å². The van der Waals surface area contributed by atoms with Crippen molar-refractivity contribution < 1.29 is 9.72 Å². The summed E-state index contributed by atoms with van der Waals surface area (Å²) in [5, 5.41) is 13.6. The van der Waals surface area contributed by atoms with E-state index in [1.165, 1.54) is 12.1 Å². The predicted molar refractivity (Wildman–Crippen MR) is 83.1 cm³/mol. The Hall–Kier alpha value is -2.21. The van der Waals surface area contributed by atoms with Crippen molar-refractivity contribution in [3.05, 3.63) is 73.7 Å². The molecule has 21 heavy (non-hydrogen) atoms. The lowest BCUT2D eigenvalue weighted by Crippen LogP contribution is -2.23. The maximum atomic E-state index is 12.2. The standard InChI is InChI=1S/C15H13BrN2O3/c1-10-13(6-3-7-14(10)18(20)21)15(19)17-9-11-4-2-5-12(16)8-11/h2-8H,9H2,1H3,(H,17,19). The Kier molecular flexibility index (Phi) is 4.70. The van der Waals surface area contributed by atoms with Gasteiger partial charge in [0.05, 0.1) is 4.92 Å². The molecule has 0 fully saturated rings. The molecule has 108 valence electrons. The number of hydrogen-bond donors (Lipinski definition) is 1. The van der Waals surface area contributed by atoms with Crippen LogP contribution in [0, 0.1) is 17.0 Å². The number of nitrogens with zero attached hydrogens (tertiary/aromatic N) is 1. The number of nitro groups is 1. The number of nitro benzene ring substituents is 1. The van der Waals surface area contributed by atoms with Crippen molar-refractivity contribution in [2.45, 2.75) is 13.5 Å². The summed E-state index contributed by atoms with van der Waals surface area (Å²) in [4.78, 5) is 22.5. The Bertz CT molecular complexity index is 701. The maximum Gasteiger partial charge on any atom is 0.273 e. The van der Waals surface area contributed by atoms with E-state index in [-0.39, 0.29) is 11.6 Å². The van der Waals surface area contributed by atoms with Gasteiger partial charge in [0, 0.05) is 28.2 Å². The quantitative estimate of drug-likeness (QED) is 0.677. The first-order valence-corrected chi connectivity index (χ1v) is 7.05. The van der Waals surface area contributed by atoms with Crippen LogP contribution >= 0.6 is 15.9 Å². The summed E-state index contributed by atoms with van der Waals surface area (Å²) in [6.45, 7) is 1.94. The molecule has 2 rings (SSSR count). The molecule has 0 atom stereocenters. The van der Waals surface area contributed by atoms with Crippen LogP contribution in [0.5, 0.6) is 0 Å². The number of benzene rings is 2. The fraction of sp³-hybridized carbons (Fsp3) is 0.133. The summed E-state index contributed by atoms with van der Waals surface area (Å²) in [6, 6.07) is 12.1. The zero-order valence-electron chi connectivity index (χ0n) is 11.3. The number of carbonyl (C=O) groups excluding carboxylic acids is 1. The minimum absolute atomic E-state index is 0.0508. The van der Waals surface area contributed by atoms with Gasteiger partial charge in [0.1, 0.15) is 0 Å². The average Bonchev–Trinajstić information content (AvgIpc) is 2.45. The zero-order chi connectivity index (χ0) is 15.4. The van der Waals surface area contributed by atoms with Gasteiger partial charge in [0.15, 0.2) is 0 Å². The van der Waals surface area contributed by atoms with Gasteiger partial charge >= 0.3 is 0 Å². The molecule has 0 saturated carbocycles. The maximum absolute atomic E-state index is 12.2. The summed E-state index contributed by atoms with van der Waals surface area (Å²) < 4.78 is 0.931. The Morgan fingerprint density at radius 1 is 1.29 bits per heavy atom. The van der Waals surface area contributed by atoms with Gasteiger partial charge in [0.2, 0.25) is 0 Å². The molecule has 6 heteroatoms. The molecule has 0 heterocycles. The van der Waals surface area contributed by atoms with Crippen molar-refractivity contribution >= 4 is 27.5 Å². The van der Waals surface area contributed by atoms with E-state index in [9.17, 15) is 14.9 Å². The van der Waals surface area contributed by atoms with Gasteiger partial charge in [-0.05, 0) is 30.7 Å². The third kappa shape index (κ3) is 3.66. The lowest BCUT2D eigenvalue weighted by atomic mass is 10.1. The van der Waals surface area contributed by atoms with Crippen LogP contribution in [0.15, 0.2) is 46.9 Å². The summed E-state index contributed by atoms with van der Waals surface area (Å²) in [7, 11) is 0. The van der Waals surface area contributed by atoms with Gasteiger partial charge in [-0.15, -0.1) is 0 Å². The van der Waals surface area contributed by atoms with E-state index in [0.717, 1.165) is 10.0 Å². The van der Waals surface area contributed by atoms with Crippen molar-refractivity contribution in [3.63, 3.8) is 0 Å². The first-order valence-electron chi connectivity index (χ1n) is 6.25. The molecule has 0 aliphatic heterocycles. The molecule has 0 bridgehead atoms. The highest BCUT2D eigenvalue weighted by Crippen LogP contribution is 2.21. The van der Waals surface area contributed by atoms with Crippen molar-refractivity contribution in [1.29, 1.82) is 0 Å². The van der Waals surface area contributed by atoms with Crippen molar-refractivity contribution in [2.75, 3.05) is 0 Å². The Balaban J connectivity index is 2.14. The Morgan fingerprint density at radius 3 is 2.67 bits per heavy atom. The van der Waals surface area contributed by atoms with Crippen molar-refractivity contribution in [1.82, 2.24) is 5.32 Å². The Morgan fingerprint density at radius 2 is 2.00 bits per heavy atom. The third-order valence-electron chi connectivity index (χ3n) is 3.09. The van der Waals surface area contributed by atoms with Crippen LogP contribution in [0.4, 0.5) is 5.69 Å². The first kappa shape index (κ1) is 15.2. The van der Waals surface area contributed by atoms with E-state index >= 15 is 0 Å². The number of nitrogens with one attached hydrogen (secondary N) is 1. The second-order valence-electron chi connectivity index (χ2n) is 4.52.